The molecular weight excluding hydrogens is 172 g/mol. The van der Waals surface area contributed by atoms with Crippen LogP contribution in [0.1, 0.15) is 25.7 Å². The molecule has 0 atom stereocenters. The van der Waals surface area contributed by atoms with Crippen molar-refractivity contribution in [3.8, 4) is 6.07 Å². The van der Waals surface area contributed by atoms with Crippen LogP contribution in [0, 0.1) is 25.2 Å². The van der Waals surface area contributed by atoms with E-state index in [1.165, 1.54) is 11.3 Å². The Balaban J connectivity index is 3.42. The monoisotopic (exact) mass is 180 g/mol. The number of thiophene rings is 1. The van der Waals surface area contributed by atoms with Crippen molar-refractivity contribution in [2.24, 2.45) is 5.73 Å². The van der Waals surface area contributed by atoms with Gasteiger partial charge in [-0.1, -0.05) is 0 Å². The van der Waals surface area contributed by atoms with Crippen molar-refractivity contribution in [3.05, 3.63) is 20.9 Å². The van der Waals surface area contributed by atoms with Crippen LogP contribution >= 0.6 is 11.3 Å². The Labute approximate surface area is 74.4 Å². The van der Waals surface area contributed by atoms with Crippen LogP contribution in [0.5, 0.6) is 0 Å². The number of nitrogens with zero attached hydrogens (tertiary/aromatic N) is 1. The minimum absolute atomic E-state index is 0.368. The van der Waals surface area contributed by atoms with Gasteiger partial charge in [0.1, 0.15) is 10.9 Å². The number of nitriles is 1. The molecule has 0 saturated heterocycles. The van der Waals surface area contributed by atoms with E-state index in [4.69, 9.17) is 11.0 Å². The lowest BCUT2D eigenvalue weighted by Crippen LogP contribution is -2.10. The smallest absolute Gasteiger partial charge is 0.260 e. The third-order valence-electron chi connectivity index (χ3n) is 1.72. The summed E-state index contributed by atoms with van der Waals surface area (Å²) in [7, 11) is 0. The van der Waals surface area contributed by atoms with Gasteiger partial charge in [0.2, 0.25) is 0 Å². The van der Waals surface area contributed by atoms with Crippen molar-refractivity contribution in [1.82, 2.24) is 0 Å². The first-order valence-electron chi connectivity index (χ1n) is 3.37. The first-order chi connectivity index (χ1) is 5.57. The van der Waals surface area contributed by atoms with Crippen molar-refractivity contribution in [3.63, 3.8) is 0 Å². The van der Waals surface area contributed by atoms with Crippen LogP contribution in [0.15, 0.2) is 0 Å². The topological polar surface area (TPSA) is 66.9 Å². The molecule has 0 radical (unpaired) electrons. The number of rotatable bonds is 1. The molecule has 1 heterocycles. The number of hydrogen-bond acceptors (Lipinski definition) is 3. The molecule has 0 aliphatic heterocycles. The molecule has 12 heavy (non-hydrogen) atoms. The van der Waals surface area contributed by atoms with Gasteiger partial charge >= 0.3 is 0 Å². The Bertz CT molecular complexity index is 373. The Hall–Kier alpha value is -1.34. The highest BCUT2D eigenvalue weighted by molar-refractivity contribution is 7.14. The van der Waals surface area contributed by atoms with E-state index in [1.54, 1.807) is 0 Å². The number of primary amides is 1. The van der Waals surface area contributed by atoms with Gasteiger partial charge in [-0.3, -0.25) is 4.79 Å². The Morgan fingerprint density at radius 2 is 2.17 bits per heavy atom. The molecule has 0 fully saturated rings. The minimum atomic E-state index is -0.521. The van der Waals surface area contributed by atoms with Crippen LogP contribution in [-0.2, 0) is 0 Å². The average Bonchev–Trinajstić information content (AvgIpc) is 2.29. The lowest BCUT2D eigenvalue weighted by atomic mass is 10.1. The fourth-order valence-corrected chi connectivity index (χ4v) is 1.90. The fraction of sp³-hybridized carbons (Fsp3) is 0.250. The van der Waals surface area contributed by atoms with Gasteiger partial charge in [0, 0.05) is 4.88 Å². The summed E-state index contributed by atoms with van der Waals surface area (Å²) >= 11 is 1.28. The van der Waals surface area contributed by atoms with E-state index < -0.39 is 5.91 Å². The van der Waals surface area contributed by atoms with E-state index in [-0.39, 0.29) is 0 Å². The summed E-state index contributed by atoms with van der Waals surface area (Å²) in [5, 5.41) is 8.71. The molecule has 2 N–H and O–H groups in total. The zero-order chi connectivity index (χ0) is 9.30. The van der Waals surface area contributed by atoms with Crippen LogP contribution < -0.4 is 5.73 Å². The van der Waals surface area contributed by atoms with Gasteiger partial charge in [-0.2, -0.15) is 5.26 Å². The summed E-state index contributed by atoms with van der Waals surface area (Å²) in [4.78, 5) is 12.2. The molecule has 0 aliphatic carbocycles. The molecule has 0 aromatic carbocycles. The summed E-state index contributed by atoms with van der Waals surface area (Å²) < 4.78 is 0. The van der Waals surface area contributed by atoms with Gasteiger partial charge < -0.3 is 5.73 Å². The standard InChI is InChI=1S/C8H8N2OS/c1-4-5(2)12-7(8(10)11)6(4)3-9/h1-2H3,(H2,10,11). The highest BCUT2D eigenvalue weighted by Gasteiger charge is 2.15. The quantitative estimate of drug-likeness (QED) is 0.708. The zero-order valence-electron chi connectivity index (χ0n) is 6.84. The number of carbonyl (C=O) groups excluding carboxylic acids is 1. The van der Waals surface area contributed by atoms with Gasteiger partial charge in [-0.15, -0.1) is 11.3 Å². The van der Waals surface area contributed by atoms with E-state index >= 15 is 0 Å². The number of carbonyl (C=O) groups is 1. The zero-order valence-corrected chi connectivity index (χ0v) is 7.66. The van der Waals surface area contributed by atoms with Gasteiger partial charge in [-0.05, 0) is 19.4 Å². The second-order valence-corrected chi connectivity index (χ2v) is 3.69. The number of aryl methyl sites for hydroxylation is 1. The highest BCUT2D eigenvalue weighted by Crippen LogP contribution is 2.25. The Morgan fingerprint density at radius 1 is 1.58 bits per heavy atom. The molecule has 0 spiro atoms. The fourth-order valence-electron chi connectivity index (χ4n) is 0.935. The van der Waals surface area contributed by atoms with Gasteiger partial charge in [0.15, 0.2) is 0 Å². The largest absolute Gasteiger partial charge is 0.365 e. The van der Waals surface area contributed by atoms with Crippen LogP contribution in [-0.4, -0.2) is 5.91 Å². The molecule has 0 bridgehead atoms. The second-order valence-electron chi connectivity index (χ2n) is 2.46. The normalized spacial score (nSPS) is 9.42. The van der Waals surface area contributed by atoms with Crippen molar-refractivity contribution < 1.29 is 4.79 Å². The molecule has 0 aliphatic rings. The summed E-state index contributed by atoms with van der Waals surface area (Å²) in [6, 6.07) is 1.98. The maximum atomic E-state index is 10.8. The average molecular weight is 180 g/mol. The molecule has 1 amide bonds. The maximum absolute atomic E-state index is 10.8. The Kier molecular flexibility index (Phi) is 2.15. The summed E-state index contributed by atoms with van der Waals surface area (Å²) in [6.45, 7) is 3.68. The maximum Gasteiger partial charge on any atom is 0.260 e. The lowest BCUT2D eigenvalue weighted by molar-refractivity contribution is 0.100. The van der Waals surface area contributed by atoms with Crippen molar-refractivity contribution in [2.45, 2.75) is 13.8 Å². The van der Waals surface area contributed by atoms with Crippen LogP contribution in [0.3, 0.4) is 0 Å². The predicted molar refractivity (Wildman–Crippen MR) is 47.0 cm³/mol. The van der Waals surface area contributed by atoms with E-state index in [2.05, 4.69) is 0 Å². The Morgan fingerprint density at radius 3 is 2.50 bits per heavy atom. The minimum Gasteiger partial charge on any atom is -0.365 e. The SMILES string of the molecule is Cc1sc(C(N)=O)c(C#N)c1C. The van der Waals surface area contributed by atoms with E-state index in [0.29, 0.717) is 10.4 Å². The van der Waals surface area contributed by atoms with Crippen LogP contribution in [0.2, 0.25) is 0 Å². The highest BCUT2D eigenvalue weighted by atomic mass is 32.1. The van der Waals surface area contributed by atoms with Crippen molar-refractivity contribution >= 4 is 17.2 Å². The van der Waals surface area contributed by atoms with Crippen molar-refractivity contribution in [1.29, 1.82) is 5.26 Å². The molecule has 1 aromatic heterocycles. The van der Waals surface area contributed by atoms with Gasteiger partial charge in [0.25, 0.3) is 5.91 Å². The molecule has 1 rings (SSSR count). The van der Waals surface area contributed by atoms with E-state index in [1.807, 2.05) is 19.9 Å². The lowest BCUT2D eigenvalue weighted by Gasteiger charge is -1.88. The molecule has 0 unspecified atom stereocenters. The van der Waals surface area contributed by atoms with Crippen LogP contribution in [0.25, 0.3) is 0 Å². The molecule has 0 saturated carbocycles. The predicted octanol–water partition coefficient (Wildman–Crippen LogP) is 1.34. The number of nitrogens with two attached hydrogens (primary N) is 1. The summed E-state index contributed by atoms with van der Waals surface area (Å²) in [5.41, 5.74) is 6.37. The molecule has 62 valence electrons. The first kappa shape index (κ1) is 8.75. The van der Waals surface area contributed by atoms with Gasteiger partial charge in [0.05, 0.1) is 5.56 Å². The summed E-state index contributed by atoms with van der Waals surface area (Å²) in [6.07, 6.45) is 0. The molecule has 4 heteroatoms. The third kappa shape index (κ3) is 1.19. The van der Waals surface area contributed by atoms with Crippen LogP contribution in [0.4, 0.5) is 0 Å². The molecule has 1 aromatic rings. The molecular formula is C8H8N2OS. The van der Waals surface area contributed by atoms with E-state index in [0.717, 1.165) is 10.4 Å². The second kappa shape index (κ2) is 2.95. The van der Waals surface area contributed by atoms with Crippen molar-refractivity contribution in [2.75, 3.05) is 0 Å². The number of amides is 1. The summed E-state index contributed by atoms with van der Waals surface area (Å²) in [5.74, 6) is -0.521. The third-order valence-corrected chi connectivity index (χ3v) is 2.94. The van der Waals surface area contributed by atoms with E-state index in [9.17, 15) is 4.79 Å². The molecule has 3 nitrogen and oxygen atoms in total. The first-order valence-corrected chi connectivity index (χ1v) is 4.19. The van der Waals surface area contributed by atoms with Gasteiger partial charge in [-0.25, -0.2) is 0 Å². The number of hydrogen-bond donors (Lipinski definition) is 1.